The van der Waals surface area contributed by atoms with Crippen LogP contribution in [-0.2, 0) is 4.79 Å². The van der Waals surface area contributed by atoms with Gasteiger partial charge in [-0.15, -0.1) is 24.8 Å². The molecule has 0 radical (unpaired) electrons. The van der Waals surface area contributed by atoms with Gasteiger partial charge < -0.3 is 10.6 Å². The Morgan fingerprint density at radius 2 is 1.81 bits per heavy atom. The molecule has 1 heterocycles. The van der Waals surface area contributed by atoms with Gasteiger partial charge >= 0.3 is 0 Å². The van der Waals surface area contributed by atoms with Crippen LogP contribution >= 0.6 is 24.8 Å². The third-order valence-corrected chi connectivity index (χ3v) is 3.06. The van der Waals surface area contributed by atoms with Crippen LogP contribution in [0.2, 0.25) is 0 Å². The monoisotopic (exact) mass is 270 g/mol. The molecular weight excluding hydrogens is 247 g/mol. The largest absolute Gasteiger partial charge is 0.370 e. The van der Waals surface area contributed by atoms with Crippen LogP contribution in [0.4, 0.5) is 0 Å². The van der Waals surface area contributed by atoms with Gasteiger partial charge in [-0.1, -0.05) is 6.42 Å². The Hall–Kier alpha value is 0.01000. The van der Waals surface area contributed by atoms with Crippen molar-refractivity contribution in [3.05, 3.63) is 0 Å². The van der Waals surface area contributed by atoms with Gasteiger partial charge in [0.05, 0.1) is 0 Å². The zero-order valence-corrected chi connectivity index (χ0v) is 11.6. The molecule has 5 heteroatoms. The molecule has 1 rings (SSSR count). The smallest absolute Gasteiger partial charge is 0.217 e. The zero-order valence-electron chi connectivity index (χ0n) is 9.98. The molecule has 1 fully saturated rings. The van der Waals surface area contributed by atoms with Gasteiger partial charge in [0.2, 0.25) is 5.91 Å². The van der Waals surface area contributed by atoms with Crippen molar-refractivity contribution in [1.82, 2.24) is 4.90 Å². The minimum atomic E-state index is -0.171. The van der Waals surface area contributed by atoms with Crippen molar-refractivity contribution in [2.75, 3.05) is 13.1 Å². The number of primary amides is 1. The lowest BCUT2D eigenvalue weighted by Crippen LogP contribution is -2.37. The summed E-state index contributed by atoms with van der Waals surface area (Å²) >= 11 is 0. The molecule has 0 bridgehead atoms. The number of carbonyl (C=O) groups is 1. The number of carbonyl (C=O) groups excluding carboxylic acids is 1. The zero-order chi connectivity index (χ0) is 10.4. The molecule has 1 aliphatic rings. The fraction of sp³-hybridized carbons (Fsp3) is 0.909. The quantitative estimate of drug-likeness (QED) is 0.834. The molecule has 2 N–H and O–H groups in total. The van der Waals surface area contributed by atoms with E-state index in [1.165, 1.54) is 32.4 Å². The van der Waals surface area contributed by atoms with Crippen LogP contribution < -0.4 is 5.73 Å². The Balaban J connectivity index is 0. The van der Waals surface area contributed by atoms with E-state index in [2.05, 4.69) is 11.8 Å². The number of rotatable bonds is 5. The van der Waals surface area contributed by atoms with Gasteiger partial charge in [-0.2, -0.15) is 0 Å². The summed E-state index contributed by atoms with van der Waals surface area (Å²) in [5.74, 6) is -0.171. The number of nitrogens with two attached hydrogens (primary N) is 1. The van der Waals surface area contributed by atoms with Gasteiger partial charge in [-0.05, 0) is 45.7 Å². The molecule has 1 amide bonds. The van der Waals surface area contributed by atoms with Gasteiger partial charge in [0.15, 0.2) is 0 Å². The molecule has 1 saturated heterocycles. The predicted molar refractivity (Wildman–Crippen MR) is 72.4 cm³/mol. The second-order valence-electron chi connectivity index (χ2n) is 4.30. The second kappa shape index (κ2) is 10.2. The number of likely N-dealkylation sites (tertiary alicyclic amines) is 1. The van der Waals surface area contributed by atoms with Crippen molar-refractivity contribution >= 4 is 30.7 Å². The molecule has 3 nitrogen and oxygen atoms in total. The topological polar surface area (TPSA) is 46.3 Å². The summed E-state index contributed by atoms with van der Waals surface area (Å²) in [6, 6.07) is 0.620. The number of nitrogens with zero attached hydrogens (tertiary/aromatic N) is 1. The summed E-state index contributed by atoms with van der Waals surface area (Å²) in [6.07, 6.45) is 6.62. The van der Waals surface area contributed by atoms with Crippen LogP contribution in [0.15, 0.2) is 0 Å². The Kier molecular flexibility index (Phi) is 11.7. The summed E-state index contributed by atoms with van der Waals surface area (Å²) in [5.41, 5.74) is 5.10. The number of piperidine rings is 1. The molecule has 1 unspecified atom stereocenters. The van der Waals surface area contributed by atoms with E-state index in [1.807, 2.05) is 0 Å². The standard InChI is InChI=1S/C11H22N2O.2ClH/c1-10(6-5-7-11(12)14)13-8-3-2-4-9-13;;/h10H,2-9H2,1H3,(H2,12,14);2*1H. The first-order valence-electron chi connectivity index (χ1n) is 5.72. The first-order chi connectivity index (χ1) is 6.70. The van der Waals surface area contributed by atoms with E-state index in [-0.39, 0.29) is 30.7 Å². The van der Waals surface area contributed by atoms with E-state index in [9.17, 15) is 4.79 Å². The van der Waals surface area contributed by atoms with Crippen LogP contribution in [0.1, 0.15) is 45.4 Å². The van der Waals surface area contributed by atoms with Gasteiger partial charge in [-0.3, -0.25) is 4.79 Å². The molecule has 0 aromatic rings. The molecule has 0 spiro atoms. The van der Waals surface area contributed by atoms with Crippen LogP contribution in [-0.4, -0.2) is 29.9 Å². The van der Waals surface area contributed by atoms with Crippen LogP contribution in [0.5, 0.6) is 0 Å². The van der Waals surface area contributed by atoms with Gasteiger partial charge in [0.25, 0.3) is 0 Å². The molecule has 98 valence electrons. The number of hydrogen-bond donors (Lipinski definition) is 1. The average Bonchev–Trinajstić information content (AvgIpc) is 2.18. The first kappa shape index (κ1) is 18.4. The summed E-state index contributed by atoms with van der Waals surface area (Å²) in [4.78, 5) is 13.1. The van der Waals surface area contributed by atoms with Crippen LogP contribution in [0.3, 0.4) is 0 Å². The third-order valence-electron chi connectivity index (χ3n) is 3.06. The third kappa shape index (κ3) is 7.31. The Bertz CT molecular complexity index is 185. The predicted octanol–water partition coefficient (Wildman–Crippen LogP) is 2.36. The van der Waals surface area contributed by atoms with Crippen molar-refractivity contribution in [2.45, 2.75) is 51.5 Å². The summed E-state index contributed by atoms with van der Waals surface area (Å²) in [5, 5.41) is 0. The molecule has 1 atom stereocenters. The molecule has 1 aliphatic heterocycles. The second-order valence-corrected chi connectivity index (χ2v) is 4.30. The molecule has 0 aliphatic carbocycles. The van der Waals surface area contributed by atoms with E-state index < -0.39 is 0 Å². The Morgan fingerprint density at radius 3 is 2.31 bits per heavy atom. The highest BCUT2D eigenvalue weighted by Gasteiger charge is 2.15. The maximum Gasteiger partial charge on any atom is 0.217 e. The molecule has 0 saturated carbocycles. The Morgan fingerprint density at radius 1 is 1.25 bits per heavy atom. The van der Waals surface area contributed by atoms with Crippen molar-refractivity contribution in [3.63, 3.8) is 0 Å². The maximum absolute atomic E-state index is 10.6. The highest BCUT2D eigenvalue weighted by Crippen LogP contribution is 2.15. The fourth-order valence-electron chi connectivity index (χ4n) is 2.11. The average molecular weight is 271 g/mol. The van der Waals surface area contributed by atoms with Gasteiger partial charge in [0, 0.05) is 12.5 Å². The number of halogens is 2. The number of hydrogen-bond acceptors (Lipinski definition) is 2. The van der Waals surface area contributed by atoms with Crippen LogP contribution in [0, 0.1) is 0 Å². The number of amides is 1. The fourth-order valence-corrected chi connectivity index (χ4v) is 2.11. The van der Waals surface area contributed by atoms with Crippen LogP contribution in [0.25, 0.3) is 0 Å². The van der Waals surface area contributed by atoms with Crippen molar-refractivity contribution in [1.29, 1.82) is 0 Å². The lowest BCUT2D eigenvalue weighted by atomic mass is 10.1. The SMILES string of the molecule is CC(CCCC(N)=O)N1CCCCC1.Cl.Cl. The molecular formula is C11H24Cl2N2O. The minimum absolute atomic E-state index is 0. The van der Waals surface area contributed by atoms with Crippen molar-refractivity contribution in [2.24, 2.45) is 5.73 Å². The van der Waals surface area contributed by atoms with Gasteiger partial charge in [-0.25, -0.2) is 0 Å². The highest BCUT2D eigenvalue weighted by molar-refractivity contribution is 5.85. The normalized spacial score (nSPS) is 18.1. The van der Waals surface area contributed by atoms with E-state index >= 15 is 0 Å². The summed E-state index contributed by atoms with van der Waals surface area (Å²) in [6.45, 7) is 4.72. The van der Waals surface area contributed by atoms with E-state index in [0.29, 0.717) is 12.5 Å². The van der Waals surface area contributed by atoms with E-state index in [0.717, 1.165) is 12.8 Å². The van der Waals surface area contributed by atoms with Gasteiger partial charge in [0.1, 0.15) is 0 Å². The summed E-state index contributed by atoms with van der Waals surface area (Å²) < 4.78 is 0. The maximum atomic E-state index is 10.6. The van der Waals surface area contributed by atoms with Crippen molar-refractivity contribution < 1.29 is 4.79 Å². The van der Waals surface area contributed by atoms with E-state index in [1.54, 1.807) is 0 Å². The molecule has 16 heavy (non-hydrogen) atoms. The molecule has 0 aromatic carbocycles. The lowest BCUT2D eigenvalue weighted by molar-refractivity contribution is -0.118. The summed E-state index contributed by atoms with van der Waals surface area (Å²) in [7, 11) is 0. The van der Waals surface area contributed by atoms with Crippen molar-refractivity contribution in [3.8, 4) is 0 Å². The Labute approximate surface area is 111 Å². The van der Waals surface area contributed by atoms with E-state index in [4.69, 9.17) is 5.73 Å². The highest BCUT2D eigenvalue weighted by atomic mass is 35.5. The molecule has 0 aromatic heterocycles. The lowest BCUT2D eigenvalue weighted by Gasteiger charge is -2.32. The minimum Gasteiger partial charge on any atom is -0.370 e. The first-order valence-corrected chi connectivity index (χ1v) is 5.72.